The van der Waals surface area contributed by atoms with Crippen molar-refractivity contribution in [3.05, 3.63) is 11.3 Å². The maximum Gasteiger partial charge on any atom is 0.404 e. The van der Waals surface area contributed by atoms with Gasteiger partial charge in [-0.3, -0.25) is 5.21 Å². The minimum atomic E-state index is -1.05. The van der Waals surface area contributed by atoms with Crippen LogP contribution in [0.4, 0.5) is 16.6 Å². The molecule has 5 N–H and O–H groups in total. The first-order valence-electron chi connectivity index (χ1n) is 8.48. The SMILES string of the molecule is CCCCC(CC)N(O)c1nc(N)nc(C)c1CCCNC(=O)O. The highest BCUT2D eigenvalue weighted by Gasteiger charge is 2.21. The van der Waals surface area contributed by atoms with Gasteiger partial charge in [-0.1, -0.05) is 26.7 Å². The Morgan fingerprint density at radius 1 is 1.33 bits per heavy atom. The molecule has 1 heterocycles. The van der Waals surface area contributed by atoms with Crippen molar-refractivity contribution in [1.29, 1.82) is 0 Å². The van der Waals surface area contributed by atoms with Crippen molar-refractivity contribution < 1.29 is 15.1 Å². The molecule has 8 heteroatoms. The summed E-state index contributed by atoms with van der Waals surface area (Å²) in [6.45, 7) is 6.29. The van der Waals surface area contributed by atoms with Gasteiger partial charge in [-0.2, -0.15) is 4.98 Å². The van der Waals surface area contributed by atoms with E-state index in [1.54, 1.807) is 0 Å². The number of hydrogen-bond donors (Lipinski definition) is 4. The summed E-state index contributed by atoms with van der Waals surface area (Å²) in [5.41, 5.74) is 7.26. The van der Waals surface area contributed by atoms with Crippen LogP contribution in [0.25, 0.3) is 0 Å². The average Bonchev–Trinajstić information content (AvgIpc) is 2.52. The fourth-order valence-electron chi connectivity index (χ4n) is 2.66. The van der Waals surface area contributed by atoms with Gasteiger partial charge in [-0.25, -0.2) is 14.8 Å². The van der Waals surface area contributed by atoms with Crippen molar-refractivity contribution in [2.45, 2.75) is 65.3 Å². The molecule has 1 aromatic rings. The third-order valence-electron chi connectivity index (χ3n) is 4.01. The Hall–Kier alpha value is -2.09. The van der Waals surface area contributed by atoms with E-state index in [-0.39, 0.29) is 12.0 Å². The van der Waals surface area contributed by atoms with Crippen LogP contribution in [0.1, 0.15) is 57.2 Å². The first-order valence-corrected chi connectivity index (χ1v) is 8.48. The second-order valence-corrected chi connectivity index (χ2v) is 5.85. The van der Waals surface area contributed by atoms with Crippen LogP contribution in [-0.2, 0) is 6.42 Å². The highest BCUT2D eigenvalue weighted by Crippen LogP contribution is 2.26. The fraction of sp³-hybridized carbons (Fsp3) is 0.688. The number of carbonyl (C=O) groups is 1. The van der Waals surface area contributed by atoms with E-state index in [0.717, 1.165) is 31.2 Å². The summed E-state index contributed by atoms with van der Waals surface area (Å²) in [7, 11) is 0. The summed E-state index contributed by atoms with van der Waals surface area (Å²) in [6.07, 6.45) is 3.84. The molecule has 0 radical (unpaired) electrons. The minimum absolute atomic E-state index is 0.0328. The van der Waals surface area contributed by atoms with E-state index in [9.17, 15) is 10.0 Å². The number of nitrogen functional groups attached to an aromatic ring is 1. The molecule has 1 atom stereocenters. The molecule has 0 fully saturated rings. The van der Waals surface area contributed by atoms with E-state index >= 15 is 0 Å². The quantitative estimate of drug-likeness (QED) is 0.381. The number of hydrogen-bond acceptors (Lipinski definition) is 6. The van der Waals surface area contributed by atoms with E-state index in [0.29, 0.717) is 30.9 Å². The lowest BCUT2D eigenvalue weighted by molar-refractivity contribution is 0.194. The number of nitrogens with one attached hydrogen (secondary N) is 1. The summed E-state index contributed by atoms with van der Waals surface area (Å²) in [4.78, 5) is 18.9. The number of hydroxylamine groups is 1. The summed E-state index contributed by atoms with van der Waals surface area (Å²) < 4.78 is 0. The first-order chi connectivity index (χ1) is 11.4. The van der Waals surface area contributed by atoms with Crippen LogP contribution in [-0.4, -0.2) is 39.0 Å². The van der Waals surface area contributed by atoms with Gasteiger partial charge in [0.25, 0.3) is 0 Å². The van der Waals surface area contributed by atoms with Crippen molar-refractivity contribution in [1.82, 2.24) is 15.3 Å². The summed E-state index contributed by atoms with van der Waals surface area (Å²) >= 11 is 0. The highest BCUT2D eigenvalue weighted by atomic mass is 16.5. The third-order valence-corrected chi connectivity index (χ3v) is 4.01. The van der Waals surface area contributed by atoms with E-state index in [2.05, 4.69) is 22.2 Å². The second-order valence-electron chi connectivity index (χ2n) is 5.85. The zero-order chi connectivity index (χ0) is 18.1. The number of rotatable bonds is 10. The molecule has 0 aliphatic carbocycles. The summed E-state index contributed by atoms with van der Waals surface area (Å²) in [5, 5.41) is 22.8. The van der Waals surface area contributed by atoms with Crippen molar-refractivity contribution in [3.8, 4) is 0 Å². The Kier molecular flexibility index (Phi) is 8.25. The fourth-order valence-corrected chi connectivity index (χ4v) is 2.66. The largest absolute Gasteiger partial charge is 0.465 e. The smallest absolute Gasteiger partial charge is 0.404 e. The Bertz CT molecular complexity index is 539. The molecule has 0 aromatic carbocycles. The van der Waals surface area contributed by atoms with Crippen LogP contribution in [0.15, 0.2) is 0 Å². The normalized spacial score (nSPS) is 12.0. The van der Waals surface area contributed by atoms with Gasteiger partial charge in [0.1, 0.15) is 0 Å². The summed E-state index contributed by atoms with van der Waals surface area (Å²) in [6, 6.07) is -0.0328. The molecule has 1 aromatic heterocycles. The van der Waals surface area contributed by atoms with Crippen molar-refractivity contribution in [2.24, 2.45) is 0 Å². The lowest BCUT2D eigenvalue weighted by Crippen LogP contribution is -2.34. The molecule has 0 aliphatic rings. The van der Waals surface area contributed by atoms with Crippen molar-refractivity contribution >= 4 is 17.9 Å². The maximum absolute atomic E-state index is 10.7. The highest BCUT2D eigenvalue weighted by molar-refractivity contribution is 5.64. The lowest BCUT2D eigenvalue weighted by atomic mass is 10.0. The van der Waals surface area contributed by atoms with Crippen molar-refractivity contribution in [3.63, 3.8) is 0 Å². The topological polar surface area (TPSA) is 125 Å². The summed E-state index contributed by atoms with van der Waals surface area (Å²) in [5.74, 6) is 0.553. The molecular formula is C16H29N5O3. The van der Waals surface area contributed by atoms with E-state index in [1.165, 1.54) is 5.06 Å². The zero-order valence-corrected chi connectivity index (χ0v) is 14.7. The van der Waals surface area contributed by atoms with Crippen molar-refractivity contribution in [2.75, 3.05) is 17.3 Å². The molecule has 0 spiro atoms. The monoisotopic (exact) mass is 339 g/mol. The molecule has 0 bridgehead atoms. The molecule has 1 amide bonds. The molecule has 136 valence electrons. The van der Waals surface area contributed by atoms with Gasteiger partial charge in [0.15, 0.2) is 5.82 Å². The Morgan fingerprint density at radius 2 is 2.04 bits per heavy atom. The number of nitrogens with two attached hydrogens (primary N) is 1. The van der Waals surface area contributed by atoms with Gasteiger partial charge in [0.2, 0.25) is 5.95 Å². The van der Waals surface area contributed by atoms with Crippen LogP contribution in [0.2, 0.25) is 0 Å². The zero-order valence-electron chi connectivity index (χ0n) is 14.7. The predicted molar refractivity (Wildman–Crippen MR) is 93.4 cm³/mol. The minimum Gasteiger partial charge on any atom is -0.465 e. The van der Waals surface area contributed by atoms with Gasteiger partial charge in [-0.05, 0) is 32.6 Å². The predicted octanol–water partition coefficient (Wildman–Crippen LogP) is 2.73. The van der Waals surface area contributed by atoms with Crippen LogP contribution in [0, 0.1) is 6.92 Å². The first kappa shape index (κ1) is 20.0. The van der Waals surface area contributed by atoms with Gasteiger partial charge < -0.3 is 16.2 Å². The number of aromatic nitrogens is 2. The van der Waals surface area contributed by atoms with E-state index in [4.69, 9.17) is 10.8 Å². The van der Waals surface area contributed by atoms with Crippen LogP contribution < -0.4 is 16.1 Å². The molecule has 0 aliphatic heterocycles. The van der Waals surface area contributed by atoms with Gasteiger partial charge in [0, 0.05) is 17.8 Å². The van der Waals surface area contributed by atoms with Crippen LogP contribution in [0.3, 0.4) is 0 Å². The molecule has 0 saturated carbocycles. The van der Waals surface area contributed by atoms with E-state index < -0.39 is 6.09 Å². The lowest BCUT2D eigenvalue weighted by Gasteiger charge is -2.28. The number of unbranched alkanes of at least 4 members (excludes halogenated alkanes) is 1. The Balaban J connectivity index is 2.95. The molecule has 0 saturated heterocycles. The third kappa shape index (κ3) is 5.84. The van der Waals surface area contributed by atoms with Crippen LogP contribution in [0.5, 0.6) is 0 Å². The van der Waals surface area contributed by atoms with Crippen LogP contribution >= 0.6 is 0 Å². The van der Waals surface area contributed by atoms with Gasteiger partial charge in [0.05, 0.1) is 6.04 Å². The second kappa shape index (κ2) is 9.92. The van der Waals surface area contributed by atoms with Gasteiger partial charge >= 0.3 is 6.09 Å². The molecule has 1 unspecified atom stereocenters. The molecular weight excluding hydrogens is 310 g/mol. The molecule has 1 rings (SSSR count). The molecule has 24 heavy (non-hydrogen) atoms. The number of carboxylic acid groups (broad SMARTS) is 1. The number of aryl methyl sites for hydroxylation is 1. The maximum atomic E-state index is 10.7. The van der Waals surface area contributed by atoms with E-state index in [1.807, 2.05) is 13.8 Å². The Labute approximate surface area is 143 Å². The molecule has 8 nitrogen and oxygen atoms in total. The number of amides is 1. The Morgan fingerprint density at radius 3 is 2.62 bits per heavy atom. The number of anilines is 2. The standard InChI is InChI=1S/C16H29N5O3/c1-4-6-8-12(5-2)21(24)14-13(9-7-10-18-16(22)23)11(3)19-15(17)20-14/h12,18,24H,4-10H2,1-3H3,(H,22,23)(H2,17,19,20). The number of nitrogens with zero attached hydrogens (tertiary/aromatic N) is 3. The van der Waals surface area contributed by atoms with Gasteiger partial charge in [-0.15, -0.1) is 0 Å². The average molecular weight is 339 g/mol.